The summed E-state index contributed by atoms with van der Waals surface area (Å²) in [5.41, 5.74) is 0. The van der Waals surface area contributed by atoms with Crippen LogP contribution in [0, 0.1) is 0 Å². The van der Waals surface area contributed by atoms with Crippen molar-refractivity contribution in [2.24, 2.45) is 0 Å². The van der Waals surface area contributed by atoms with Crippen LogP contribution in [0.5, 0.6) is 0 Å². The van der Waals surface area contributed by atoms with Crippen molar-refractivity contribution in [1.29, 1.82) is 0 Å². The number of rotatable bonds is 0. The first-order valence-electron chi connectivity index (χ1n) is 1.00. The predicted octanol–water partition coefficient (Wildman–Crippen LogP) is 2.51. The van der Waals surface area contributed by atoms with E-state index in [1.165, 1.54) is 0 Å². The summed E-state index contributed by atoms with van der Waals surface area (Å²) < 4.78 is 0. The van der Waals surface area contributed by atoms with E-state index in [0.29, 0.717) is 0 Å². The molecule has 0 aromatic heterocycles. The molecule has 0 aromatic carbocycles. The maximum atomic E-state index is 2.00. The minimum Gasteiger partial charge on any atom is -0.344 e. The van der Waals surface area contributed by atoms with Crippen LogP contribution in [0.1, 0.15) is 13.8 Å². The van der Waals surface area contributed by atoms with Crippen LogP contribution in [-0.2, 0) is 0 Å². The van der Waals surface area contributed by atoms with Crippen molar-refractivity contribution in [3.05, 3.63) is 0 Å². The summed E-state index contributed by atoms with van der Waals surface area (Å²) in [7, 11) is 0. The molecule has 0 saturated carbocycles. The fourth-order valence-corrected chi connectivity index (χ4v) is 0. The van der Waals surface area contributed by atoms with Crippen LogP contribution in [0.2, 0.25) is 0 Å². The summed E-state index contributed by atoms with van der Waals surface area (Å²) in [5.74, 6) is 0. The van der Waals surface area contributed by atoms with Crippen molar-refractivity contribution in [1.82, 2.24) is 12.3 Å². The SMILES string of the molecule is Br.Br.CC.N.N. The Morgan fingerprint density at radius 1 is 0.667 bits per heavy atom. The second kappa shape index (κ2) is 181. The fourth-order valence-electron chi connectivity index (χ4n) is 0. The van der Waals surface area contributed by atoms with Gasteiger partial charge in [-0.25, -0.2) is 0 Å². The van der Waals surface area contributed by atoms with Crippen LogP contribution in [-0.4, -0.2) is 0 Å². The van der Waals surface area contributed by atoms with E-state index in [2.05, 4.69) is 0 Å². The van der Waals surface area contributed by atoms with E-state index >= 15 is 0 Å². The molecule has 0 saturated heterocycles. The van der Waals surface area contributed by atoms with Crippen LogP contribution in [0.15, 0.2) is 0 Å². The van der Waals surface area contributed by atoms with Gasteiger partial charge in [0.2, 0.25) is 0 Å². The van der Waals surface area contributed by atoms with Gasteiger partial charge in [-0.15, -0.1) is 34.0 Å². The van der Waals surface area contributed by atoms with Crippen molar-refractivity contribution in [3.63, 3.8) is 0 Å². The topological polar surface area (TPSA) is 70.0 Å². The van der Waals surface area contributed by atoms with Crippen molar-refractivity contribution in [2.45, 2.75) is 13.8 Å². The fraction of sp³-hybridized carbons (Fsp3) is 1.00. The summed E-state index contributed by atoms with van der Waals surface area (Å²) in [4.78, 5) is 0. The van der Waals surface area contributed by atoms with Gasteiger partial charge < -0.3 is 12.3 Å². The van der Waals surface area contributed by atoms with Crippen LogP contribution in [0.25, 0.3) is 0 Å². The second-order valence-corrected chi connectivity index (χ2v) is 0. The summed E-state index contributed by atoms with van der Waals surface area (Å²) in [6.45, 7) is 4.00. The summed E-state index contributed by atoms with van der Waals surface area (Å²) >= 11 is 0. The van der Waals surface area contributed by atoms with E-state index in [1.807, 2.05) is 13.8 Å². The van der Waals surface area contributed by atoms with Gasteiger partial charge >= 0.3 is 0 Å². The van der Waals surface area contributed by atoms with E-state index in [-0.39, 0.29) is 46.3 Å². The largest absolute Gasteiger partial charge is 0.344 e. The zero-order valence-corrected chi connectivity index (χ0v) is 7.66. The molecule has 0 aliphatic carbocycles. The molecule has 0 bridgehead atoms. The van der Waals surface area contributed by atoms with Gasteiger partial charge in [-0.05, 0) is 0 Å². The molecule has 0 aliphatic heterocycles. The van der Waals surface area contributed by atoms with Crippen molar-refractivity contribution in [3.8, 4) is 0 Å². The molecule has 0 aliphatic rings. The monoisotopic (exact) mass is 224 g/mol. The van der Waals surface area contributed by atoms with Gasteiger partial charge in [0, 0.05) is 0 Å². The summed E-state index contributed by atoms with van der Waals surface area (Å²) in [5, 5.41) is 0. The number of halogens is 2. The molecule has 0 fully saturated rings. The average Bonchev–Trinajstić information content (AvgIpc) is 1.00. The first kappa shape index (κ1) is 67.3. The molecule has 0 radical (unpaired) electrons. The minimum absolute atomic E-state index is 0. The maximum Gasteiger partial charge on any atom is -0.0683 e. The smallest absolute Gasteiger partial charge is 0.0683 e. The Hall–Kier alpha value is 0.880. The Labute approximate surface area is 60.4 Å². The molecule has 6 N–H and O–H groups in total. The van der Waals surface area contributed by atoms with Crippen molar-refractivity contribution in [2.75, 3.05) is 0 Å². The van der Waals surface area contributed by atoms with Crippen LogP contribution >= 0.6 is 34.0 Å². The molecule has 0 rings (SSSR count). The molecule has 0 atom stereocenters. The van der Waals surface area contributed by atoms with Crippen LogP contribution in [0.3, 0.4) is 0 Å². The van der Waals surface area contributed by atoms with Gasteiger partial charge in [0.15, 0.2) is 0 Å². The summed E-state index contributed by atoms with van der Waals surface area (Å²) in [6, 6.07) is 0. The van der Waals surface area contributed by atoms with Gasteiger partial charge in [0.1, 0.15) is 0 Å². The van der Waals surface area contributed by atoms with Gasteiger partial charge in [-0.2, -0.15) is 0 Å². The normalized spacial score (nSPS) is 1.00. The molecular formula is C2H14Br2N2. The lowest BCUT2D eigenvalue weighted by Gasteiger charge is -1.07. The van der Waals surface area contributed by atoms with Crippen LogP contribution < -0.4 is 12.3 Å². The highest BCUT2D eigenvalue weighted by molar-refractivity contribution is 8.93. The zero-order valence-electron chi connectivity index (χ0n) is 4.23. The van der Waals surface area contributed by atoms with E-state index in [1.54, 1.807) is 0 Å². The average molecular weight is 226 g/mol. The van der Waals surface area contributed by atoms with Gasteiger partial charge in [0.05, 0.1) is 0 Å². The Morgan fingerprint density at radius 3 is 0.667 bits per heavy atom. The molecule has 0 spiro atoms. The molecule has 2 nitrogen and oxygen atoms in total. The predicted molar refractivity (Wildman–Crippen MR) is 42.0 cm³/mol. The molecule has 6 heavy (non-hydrogen) atoms. The lowest BCUT2D eigenvalue weighted by molar-refractivity contribution is 1.50. The van der Waals surface area contributed by atoms with Gasteiger partial charge in [-0.3, -0.25) is 0 Å². The highest BCUT2D eigenvalue weighted by Gasteiger charge is 0.932. The van der Waals surface area contributed by atoms with E-state index in [9.17, 15) is 0 Å². The number of hydrogen-bond acceptors (Lipinski definition) is 2. The second-order valence-electron chi connectivity index (χ2n) is 0. The lowest BCUT2D eigenvalue weighted by atomic mass is 11.0. The number of hydrogen-bond donors (Lipinski definition) is 2. The third-order valence-corrected chi connectivity index (χ3v) is 0. The third kappa shape index (κ3) is 94.9. The van der Waals surface area contributed by atoms with Crippen molar-refractivity contribution < 1.29 is 0 Å². The first-order chi connectivity index (χ1) is 1.00. The van der Waals surface area contributed by atoms with Crippen molar-refractivity contribution >= 4 is 34.0 Å². The molecular weight excluding hydrogens is 212 g/mol. The highest BCUT2D eigenvalue weighted by atomic mass is 79.9. The Morgan fingerprint density at radius 2 is 0.667 bits per heavy atom. The Balaban J connectivity index is -0.000000000833. The van der Waals surface area contributed by atoms with E-state index in [4.69, 9.17) is 0 Å². The highest BCUT2D eigenvalue weighted by Crippen LogP contribution is 1.14. The van der Waals surface area contributed by atoms with E-state index < -0.39 is 0 Å². The molecule has 0 heterocycles. The maximum absolute atomic E-state index is 2.00. The quantitative estimate of drug-likeness (QED) is 0.665. The Bertz CT molecular complexity index is 9.51. The summed E-state index contributed by atoms with van der Waals surface area (Å²) in [6.07, 6.45) is 0. The standard InChI is InChI=1S/C2H6.2BrH.2H3N/c1-2;;;;/h1-2H3;2*1H;2*1H3. The molecule has 46 valence electrons. The van der Waals surface area contributed by atoms with Crippen LogP contribution in [0.4, 0.5) is 0 Å². The molecule has 0 aromatic rings. The molecule has 4 heteroatoms. The Kier molecular flexibility index (Phi) is 2030. The lowest BCUT2D eigenvalue weighted by Crippen LogP contribution is -0.856. The molecule has 0 unspecified atom stereocenters. The third-order valence-electron chi connectivity index (χ3n) is 0. The minimum atomic E-state index is 0. The zero-order chi connectivity index (χ0) is 2.00. The van der Waals surface area contributed by atoms with Gasteiger partial charge in [-0.1, -0.05) is 13.8 Å². The molecule has 0 amide bonds. The first-order valence-corrected chi connectivity index (χ1v) is 1.00. The van der Waals surface area contributed by atoms with Gasteiger partial charge in [0.25, 0.3) is 0 Å². The van der Waals surface area contributed by atoms with E-state index in [0.717, 1.165) is 0 Å².